The third-order valence-corrected chi connectivity index (χ3v) is 6.01. The van der Waals surface area contributed by atoms with Crippen LogP contribution in [0.5, 0.6) is 0 Å². The lowest BCUT2D eigenvalue weighted by Crippen LogP contribution is -2.38. The number of methoxy groups -OCH3 is 1. The second-order valence-electron chi connectivity index (χ2n) is 6.83. The van der Waals surface area contributed by atoms with E-state index in [0.717, 1.165) is 22.0 Å². The molecule has 0 saturated carbocycles. The smallest absolute Gasteiger partial charge is 0.338 e. The number of amidine groups is 1. The molecular formula is C21H25N3O3S. The first kappa shape index (κ1) is 20.2. The fraction of sp³-hybridized carbons (Fsp3) is 0.381. The minimum atomic E-state index is -0.401. The van der Waals surface area contributed by atoms with E-state index in [2.05, 4.69) is 4.99 Å². The SMILES string of the molecule is CCN(C)C(=O)CC1=CSC2=NC(C)=C(C(=O)OC)C(c3ccccc3C)N12. The summed E-state index contributed by atoms with van der Waals surface area (Å²) in [6.45, 7) is 6.44. The Morgan fingerprint density at radius 3 is 2.64 bits per heavy atom. The van der Waals surface area contributed by atoms with Crippen LogP contribution < -0.4 is 0 Å². The van der Waals surface area contributed by atoms with Crippen molar-refractivity contribution in [3.8, 4) is 0 Å². The van der Waals surface area contributed by atoms with Crippen LogP contribution in [0.2, 0.25) is 0 Å². The predicted molar refractivity (Wildman–Crippen MR) is 112 cm³/mol. The lowest BCUT2D eigenvalue weighted by molar-refractivity contribution is -0.136. The molecule has 2 aliphatic rings. The normalized spacial score (nSPS) is 18.5. The largest absolute Gasteiger partial charge is 0.466 e. The summed E-state index contributed by atoms with van der Waals surface area (Å²) in [5, 5.41) is 2.74. The van der Waals surface area contributed by atoms with Gasteiger partial charge in [0.15, 0.2) is 5.17 Å². The van der Waals surface area contributed by atoms with Crippen LogP contribution in [0.1, 0.15) is 37.4 Å². The summed E-state index contributed by atoms with van der Waals surface area (Å²) in [7, 11) is 3.17. The zero-order valence-electron chi connectivity index (χ0n) is 16.9. The number of carbonyl (C=O) groups excluding carboxylic acids is 2. The fourth-order valence-corrected chi connectivity index (χ4v) is 4.36. The van der Waals surface area contributed by atoms with Gasteiger partial charge in [0.25, 0.3) is 0 Å². The van der Waals surface area contributed by atoms with Crippen LogP contribution in [0.3, 0.4) is 0 Å². The molecule has 0 radical (unpaired) electrons. The number of esters is 1. The number of benzene rings is 1. The summed E-state index contributed by atoms with van der Waals surface area (Å²) in [5.41, 5.74) is 4.06. The number of nitrogens with zero attached hydrogens (tertiary/aromatic N) is 3. The highest BCUT2D eigenvalue weighted by molar-refractivity contribution is 8.16. The number of ether oxygens (including phenoxy) is 1. The van der Waals surface area contributed by atoms with Gasteiger partial charge in [0.1, 0.15) is 0 Å². The third kappa shape index (κ3) is 3.58. The quantitative estimate of drug-likeness (QED) is 0.708. The van der Waals surface area contributed by atoms with Crippen LogP contribution >= 0.6 is 11.8 Å². The van der Waals surface area contributed by atoms with E-state index >= 15 is 0 Å². The van der Waals surface area contributed by atoms with Crippen molar-refractivity contribution in [1.82, 2.24) is 9.80 Å². The van der Waals surface area contributed by atoms with Crippen molar-refractivity contribution < 1.29 is 14.3 Å². The Balaban J connectivity index is 2.08. The van der Waals surface area contributed by atoms with Gasteiger partial charge in [-0.05, 0) is 37.3 Å². The molecular weight excluding hydrogens is 374 g/mol. The maximum absolute atomic E-state index is 12.7. The standard InChI is InChI=1S/C21H25N3O3S/c1-6-23(4)17(25)11-15-12-28-21-22-14(3)18(20(26)27-5)19(24(15)21)16-10-8-7-9-13(16)2/h7-10,12,19H,6,11H2,1-5H3. The van der Waals surface area contributed by atoms with Crippen molar-refractivity contribution in [2.24, 2.45) is 4.99 Å². The average molecular weight is 400 g/mol. The highest BCUT2D eigenvalue weighted by atomic mass is 32.2. The van der Waals surface area contributed by atoms with Gasteiger partial charge in [-0.15, -0.1) is 0 Å². The molecule has 0 N–H and O–H groups in total. The Morgan fingerprint density at radius 2 is 2.00 bits per heavy atom. The van der Waals surface area contributed by atoms with E-state index in [1.807, 2.05) is 55.3 Å². The molecule has 1 aromatic rings. The van der Waals surface area contributed by atoms with Gasteiger partial charge in [-0.1, -0.05) is 36.0 Å². The molecule has 1 aromatic carbocycles. The van der Waals surface area contributed by atoms with Crippen LogP contribution in [0, 0.1) is 6.92 Å². The van der Waals surface area contributed by atoms with Gasteiger partial charge in [-0.3, -0.25) is 4.79 Å². The predicted octanol–water partition coefficient (Wildman–Crippen LogP) is 3.61. The minimum absolute atomic E-state index is 0.0324. The first-order valence-electron chi connectivity index (χ1n) is 9.21. The van der Waals surface area contributed by atoms with E-state index in [4.69, 9.17) is 4.74 Å². The second kappa shape index (κ2) is 8.22. The number of fused-ring (bicyclic) bond motifs is 1. The number of allylic oxidation sites excluding steroid dienone is 1. The number of thioether (sulfide) groups is 1. The number of carbonyl (C=O) groups is 2. The Kier molecular flexibility index (Phi) is 5.93. The van der Waals surface area contributed by atoms with Crippen molar-refractivity contribution in [2.45, 2.75) is 33.2 Å². The van der Waals surface area contributed by atoms with Crippen molar-refractivity contribution in [1.29, 1.82) is 0 Å². The van der Waals surface area contributed by atoms with Gasteiger partial charge in [0.2, 0.25) is 5.91 Å². The molecule has 1 amide bonds. The molecule has 6 nitrogen and oxygen atoms in total. The first-order valence-corrected chi connectivity index (χ1v) is 10.1. The van der Waals surface area contributed by atoms with Gasteiger partial charge in [0, 0.05) is 19.3 Å². The maximum atomic E-state index is 12.7. The minimum Gasteiger partial charge on any atom is -0.466 e. The lowest BCUT2D eigenvalue weighted by Gasteiger charge is -2.37. The molecule has 0 aliphatic carbocycles. The highest BCUT2D eigenvalue weighted by Crippen LogP contribution is 2.45. The van der Waals surface area contributed by atoms with E-state index < -0.39 is 5.97 Å². The Labute approximate surface area is 169 Å². The van der Waals surface area contributed by atoms with E-state index in [-0.39, 0.29) is 18.4 Å². The number of rotatable bonds is 5. The number of aryl methyl sites for hydroxylation is 1. The van der Waals surface area contributed by atoms with Crippen LogP contribution in [-0.2, 0) is 14.3 Å². The lowest BCUT2D eigenvalue weighted by atomic mass is 9.91. The van der Waals surface area contributed by atoms with E-state index in [1.54, 1.807) is 11.9 Å². The molecule has 1 atom stereocenters. The van der Waals surface area contributed by atoms with Crippen LogP contribution in [0.4, 0.5) is 0 Å². The maximum Gasteiger partial charge on any atom is 0.338 e. The number of aliphatic imine (C=N–C) groups is 1. The number of hydrogen-bond acceptors (Lipinski definition) is 6. The Morgan fingerprint density at radius 1 is 1.29 bits per heavy atom. The molecule has 2 heterocycles. The van der Waals surface area contributed by atoms with Gasteiger partial charge in [0.05, 0.1) is 30.8 Å². The molecule has 2 aliphatic heterocycles. The summed E-state index contributed by atoms with van der Waals surface area (Å²) in [5.74, 6) is -0.369. The first-order chi connectivity index (χ1) is 13.4. The van der Waals surface area contributed by atoms with Gasteiger partial charge in [-0.2, -0.15) is 0 Å². The summed E-state index contributed by atoms with van der Waals surface area (Å²) in [6, 6.07) is 7.59. The van der Waals surface area contributed by atoms with Gasteiger partial charge < -0.3 is 14.5 Å². The average Bonchev–Trinajstić information content (AvgIpc) is 3.08. The van der Waals surface area contributed by atoms with Gasteiger partial charge >= 0.3 is 5.97 Å². The molecule has 0 saturated heterocycles. The summed E-state index contributed by atoms with van der Waals surface area (Å²) < 4.78 is 5.08. The summed E-state index contributed by atoms with van der Waals surface area (Å²) in [6.07, 6.45) is 0.256. The molecule has 0 spiro atoms. The van der Waals surface area contributed by atoms with E-state index in [9.17, 15) is 9.59 Å². The van der Waals surface area contributed by atoms with E-state index in [0.29, 0.717) is 17.8 Å². The highest BCUT2D eigenvalue weighted by Gasteiger charge is 2.41. The monoisotopic (exact) mass is 399 g/mol. The van der Waals surface area contributed by atoms with Crippen molar-refractivity contribution >= 4 is 28.8 Å². The second-order valence-corrected chi connectivity index (χ2v) is 7.66. The third-order valence-electron chi connectivity index (χ3n) is 5.12. The molecule has 0 bridgehead atoms. The topological polar surface area (TPSA) is 62.2 Å². The molecule has 148 valence electrons. The van der Waals surface area contributed by atoms with Crippen LogP contribution in [0.15, 0.2) is 51.6 Å². The van der Waals surface area contributed by atoms with E-state index in [1.165, 1.54) is 18.9 Å². The van der Waals surface area contributed by atoms with Crippen molar-refractivity contribution in [3.63, 3.8) is 0 Å². The molecule has 3 rings (SSSR count). The number of hydrogen-bond donors (Lipinski definition) is 0. The summed E-state index contributed by atoms with van der Waals surface area (Å²) >= 11 is 1.48. The fourth-order valence-electron chi connectivity index (χ4n) is 3.39. The molecule has 0 aromatic heterocycles. The Hall–Kier alpha value is -2.54. The zero-order valence-corrected chi connectivity index (χ0v) is 17.7. The molecule has 28 heavy (non-hydrogen) atoms. The number of amides is 1. The Bertz CT molecular complexity index is 904. The van der Waals surface area contributed by atoms with Crippen molar-refractivity contribution in [3.05, 3.63) is 57.8 Å². The zero-order chi connectivity index (χ0) is 20.4. The molecule has 1 unspecified atom stereocenters. The summed E-state index contributed by atoms with van der Waals surface area (Å²) in [4.78, 5) is 33.6. The van der Waals surface area contributed by atoms with Crippen molar-refractivity contribution in [2.75, 3.05) is 20.7 Å². The molecule has 0 fully saturated rings. The van der Waals surface area contributed by atoms with Crippen LogP contribution in [0.25, 0.3) is 0 Å². The molecule has 7 heteroatoms. The van der Waals surface area contributed by atoms with Gasteiger partial charge in [-0.25, -0.2) is 9.79 Å². The van der Waals surface area contributed by atoms with Crippen LogP contribution in [-0.4, -0.2) is 47.5 Å².